The molecule has 2 unspecified atom stereocenters. The van der Waals surface area contributed by atoms with Gasteiger partial charge >= 0.3 is 0 Å². The largest absolute Gasteiger partial charge is 0.374 e. The van der Waals surface area contributed by atoms with E-state index in [4.69, 9.17) is 0 Å². The highest BCUT2D eigenvalue weighted by molar-refractivity contribution is 5.04. The molecule has 2 heterocycles. The molecule has 0 spiro atoms. The molecule has 1 N–H and O–H groups in total. The van der Waals surface area contributed by atoms with E-state index in [1.54, 1.807) is 0 Å². The Kier molecular flexibility index (Phi) is 1.24. The van der Waals surface area contributed by atoms with Gasteiger partial charge in [-0.1, -0.05) is 6.58 Å². The molecule has 0 radical (unpaired) electrons. The standard InChI is InChI=1S/C8H14N2/c1-6(2)10-4-7-3-9-8(7)5-10/h7-9H,1,3-5H2,2H3. The minimum absolute atomic E-state index is 0.775. The molecule has 0 saturated carbocycles. The molecule has 0 aromatic rings. The van der Waals surface area contributed by atoms with Crippen molar-refractivity contribution in [3.8, 4) is 0 Å². The molecule has 0 bridgehead atoms. The maximum atomic E-state index is 3.93. The summed E-state index contributed by atoms with van der Waals surface area (Å²) in [6, 6.07) is 0.775. The zero-order valence-electron chi connectivity index (χ0n) is 6.43. The lowest BCUT2D eigenvalue weighted by atomic mass is 9.96. The van der Waals surface area contributed by atoms with Crippen LogP contribution in [0.25, 0.3) is 0 Å². The molecule has 2 saturated heterocycles. The molecule has 0 amide bonds. The Morgan fingerprint density at radius 2 is 2.40 bits per heavy atom. The van der Waals surface area contributed by atoms with Crippen molar-refractivity contribution in [1.29, 1.82) is 0 Å². The number of rotatable bonds is 1. The molecule has 2 fully saturated rings. The van der Waals surface area contributed by atoms with Gasteiger partial charge in [0.15, 0.2) is 0 Å². The lowest BCUT2D eigenvalue weighted by Gasteiger charge is -2.29. The number of allylic oxidation sites excluding steroid dienone is 1. The van der Waals surface area contributed by atoms with Gasteiger partial charge in [-0.2, -0.15) is 0 Å². The number of nitrogens with one attached hydrogen (secondary N) is 1. The van der Waals surface area contributed by atoms with E-state index in [1.165, 1.54) is 25.3 Å². The second-order valence-corrected chi connectivity index (χ2v) is 3.42. The lowest BCUT2D eigenvalue weighted by Crippen LogP contribution is -2.51. The summed E-state index contributed by atoms with van der Waals surface area (Å²) >= 11 is 0. The topological polar surface area (TPSA) is 15.3 Å². The molecule has 10 heavy (non-hydrogen) atoms. The Balaban J connectivity index is 1.98. The van der Waals surface area contributed by atoms with Crippen LogP contribution >= 0.6 is 0 Å². The minimum Gasteiger partial charge on any atom is -0.374 e. The van der Waals surface area contributed by atoms with Gasteiger partial charge in [-0.05, 0) is 6.92 Å². The van der Waals surface area contributed by atoms with E-state index >= 15 is 0 Å². The van der Waals surface area contributed by atoms with E-state index in [1.807, 2.05) is 0 Å². The zero-order chi connectivity index (χ0) is 7.14. The molecule has 0 aromatic carbocycles. The van der Waals surface area contributed by atoms with Gasteiger partial charge in [0.25, 0.3) is 0 Å². The molecular formula is C8H14N2. The monoisotopic (exact) mass is 138 g/mol. The first kappa shape index (κ1) is 6.23. The predicted octanol–water partition coefficient (Wildman–Crippen LogP) is 0.424. The van der Waals surface area contributed by atoms with E-state index in [2.05, 4.69) is 23.7 Å². The first-order chi connectivity index (χ1) is 4.77. The molecule has 0 aromatic heterocycles. The van der Waals surface area contributed by atoms with Crippen LogP contribution in [0.5, 0.6) is 0 Å². The van der Waals surface area contributed by atoms with Crippen LogP contribution in [0.2, 0.25) is 0 Å². The Morgan fingerprint density at radius 1 is 1.60 bits per heavy atom. The zero-order valence-corrected chi connectivity index (χ0v) is 6.43. The highest BCUT2D eigenvalue weighted by atomic mass is 15.2. The van der Waals surface area contributed by atoms with Gasteiger partial charge < -0.3 is 10.2 Å². The van der Waals surface area contributed by atoms with E-state index in [9.17, 15) is 0 Å². The quantitative estimate of drug-likeness (QED) is 0.565. The summed E-state index contributed by atoms with van der Waals surface area (Å²) in [6.45, 7) is 9.65. The summed E-state index contributed by atoms with van der Waals surface area (Å²) in [5.74, 6) is 0.914. The van der Waals surface area contributed by atoms with Crippen LogP contribution in [0.15, 0.2) is 12.3 Å². The molecule has 2 aliphatic heterocycles. The van der Waals surface area contributed by atoms with Crippen LogP contribution in [-0.2, 0) is 0 Å². The number of fused-ring (bicyclic) bond motifs is 1. The fraction of sp³-hybridized carbons (Fsp3) is 0.750. The summed E-state index contributed by atoms with van der Waals surface area (Å²) in [4.78, 5) is 2.37. The van der Waals surface area contributed by atoms with Crippen LogP contribution in [0.4, 0.5) is 0 Å². The number of hydrogen-bond donors (Lipinski definition) is 1. The first-order valence-electron chi connectivity index (χ1n) is 3.91. The third kappa shape index (κ3) is 0.754. The molecule has 2 heteroatoms. The normalized spacial score (nSPS) is 37.1. The molecular weight excluding hydrogens is 124 g/mol. The summed E-state index contributed by atoms with van der Waals surface area (Å²) in [5, 5.41) is 3.41. The van der Waals surface area contributed by atoms with Crippen LogP contribution in [0.1, 0.15) is 6.92 Å². The molecule has 2 nitrogen and oxygen atoms in total. The van der Waals surface area contributed by atoms with Gasteiger partial charge in [0.05, 0.1) is 0 Å². The fourth-order valence-electron chi connectivity index (χ4n) is 1.76. The van der Waals surface area contributed by atoms with Crippen molar-refractivity contribution in [3.05, 3.63) is 12.3 Å². The summed E-state index contributed by atoms with van der Waals surface area (Å²) in [6.07, 6.45) is 0. The second-order valence-electron chi connectivity index (χ2n) is 3.42. The maximum absolute atomic E-state index is 3.93. The summed E-state index contributed by atoms with van der Waals surface area (Å²) < 4.78 is 0. The van der Waals surface area contributed by atoms with E-state index in [0.717, 1.165) is 12.0 Å². The van der Waals surface area contributed by atoms with Crippen LogP contribution in [0.3, 0.4) is 0 Å². The van der Waals surface area contributed by atoms with E-state index in [0.29, 0.717) is 0 Å². The van der Waals surface area contributed by atoms with Gasteiger partial charge in [0, 0.05) is 37.3 Å². The number of hydrogen-bond acceptors (Lipinski definition) is 2. The highest BCUT2D eigenvalue weighted by Gasteiger charge is 2.38. The van der Waals surface area contributed by atoms with Gasteiger partial charge in [-0.15, -0.1) is 0 Å². The lowest BCUT2D eigenvalue weighted by molar-refractivity contribution is 0.297. The van der Waals surface area contributed by atoms with Crippen molar-refractivity contribution in [2.45, 2.75) is 13.0 Å². The van der Waals surface area contributed by atoms with Crippen molar-refractivity contribution in [3.63, 3.8) is 0 Å². The molecule has 0 aliphatic carbocycles. The van der Waals surface area contributed by atoms with Crippen molar-refractivity contribution < 1.29 is 0 Å². The second kappa shape index (κ2) is 1.99. The number of likely N-dealkylation sites (tertiary alicyclic amines) is 1. The Bertz CT molecular complexity index is 153. The maximum Gasteiger partial charge on any atom is 0.0332 e. The molecule has 56 valence electrons. The van der Waals surface area contributed by atoms with Crippen molar-refractivity contribution in [1.82, 2.24) is 10.2 Å². The highest BCUT2D eigenvalue weighted by Crippen LogP contribution is 2.25. The fourth-order valence-corrected chi connectivity index (χ4v) is 1.76. The third-order valence-electron chi connectivity index (χ3n) is 2.62. The van der Waals surface area contributed by atoms with E-state index in [-0.39, 0.29) is 0 Å². The average Bonchev–Trinajstić information content (AvgIpc) is 2.09. The molecule has 2 atom stereocenters. The molecule has 2 aliphatic rings. The van der Waals surface area contributed by atoms with Crippen LogP contribution in [-0.4, -0.2) is 30.6 Å². The average molecular weight is 138 g/mol. The minimum atomic E-state index is 0.775. The van der Waals surface area contributed by atoms with Gasteiger partial charge in [-0.3, -0.25) is 0 Å². The van der Waals surface area contributed by atoms with Crippen molar-refractivity contribution >= 4 is 0 Å². The van der Waals surface area contributed by atoms with Gasteiger partial charge in [0.1, 0.15) is 0 Å². The first-order valence-corrected chi connectivity index (χ1v) is 3.91. The van der Waals surface area contributed by atoms with Crippen LogP contribution < -0.4 is 5.32 Å². The van der Waals surface area contributed by atoms with E-state index < -0.39 is 0 Å². The predicted molar refractivity (Wildman–Crippen MR) is 41.7 cm³/mol. The van der Waals surface area contributed by atoms with Gasteiger partial charge in [0.2, 0.25) is 0 Å². The van der Waals surface area contributed by atoms with Crippen LogP contribution in [0, 0.1) is 5.92 Å². The Morgan fingerprint density at radius 3 is 2.70 bits per heavy atom. The summed E-state index contributed by atoms with van der Waals surface area (Å²) in [7, 11) is 0. The van der Waals surface area contributed by atoms with Crippen molar-refractivity contribution in [2.24, 2.45) is 5.92 Å². The smallest absolute Gasteiger partial charge is 0.0332 e. The molecule has 2 rings (SSSR count). The Labute approximate surface area is 61.9 Å². The summed E-state index contributed by atoms with van der Waals surface area (Å²) in [5.41, 5.74) is 1.22. The van der Waals surface area contributed by atoms with Crippen molar-refractivity contribution in [2.75, 3.05) is 19.6 Å². The van der Waals surface area contributed by atoms with Gasteiger partial charge in [-0.25, -0.2) is 0 Å². The number of nitrogens with zero attached hydrogens (tertiary/aromatic N) is 1. The Hall–Kier alpha value is -0.500. The third-order valence-corrected chi connectivity index (χ3v) is 2.62. The SMILES string of the molecule is C=C(C)N1CC2CNC2C1.